The SMILES string of the molecule is O=C(N[C@@H]1C[C@H]1c1ccc(F)cc1)c1ccc[nH]1. The standard InChI is InChI=1S/C14H13FN2O/c15-10-5-3-9(4-6-10)11-8-13(11)17-14(18)12-2-1-7-16-12/h1-7,11,13,16H,8H2,(H,17,18)/t11-,13+/m0/s1. The number of hydrogen-bond donors (Lipinski definition) is 2. The lowest BCUT2D eigenvalue weighted by atomic mass is 10.1. The number of halogens is 1. The Labute approximate surface area is 104 Å². The summed E-state index contributed by atoms with van der Waals surface area (Å²) in [5.41, 5.74) is 1.65. The van der Waals surface area contributed by atoms with E-state index in [4.69, 9.17) is 0 Å². The van der Waals surface area contributed by atoms with Crippen molar-refractivity contribution in [1.29, 1.82) is 0 Å². The van der Waals surface area contributed by atoms with Crippen molar-refractivity contribution >= 4 is 5.91 Å². The van der Waals surface area contributed by atoms with E-state index in [-0.39, 0.29) is 17.8 Å². The van der Waals surface area contributed by atoms with E-state index in [1.807, 2.05) is 0 Å². The number of benzene rings is 1. The van der Waals surface area contributed by atoms with Crippen molar-refractivity contribution in [3.63, 3.8) is 0 Å². The normalized spacial score (nSPS) is 21.6. The minimum Gasteiger partial charge on any atom is -0.357 e. The third kappa shape index (κ3) is 2.14. The van der Waals surface area contributed by atoms with Crippen LogP contribution in [0.1, 0.15) is 28.4 Å². The van der Waals surface area contributed by atoms with Gasteiger partial charge in [0, 0.05) is 18.2 Å². The largest absolute Gasteiger partial charge is 0.357 e. The second-order valence-corrected chi connectivity index (χ2v) is 4.56. The third-order valence-corrected chi connectivity index (χ3v) is 3.25. The highest BCUT2D eigenvalue weighted by Gasteiger charge is 2.39. The number of aromatic nitrogens is 1. The zero-order valence-corrected chi connectivity index (χ0v) is 9.69. The lowest BCUT2D eigenvalue weighted by molar-refractivity contribution is 0.0946. The number of nitrogens with one attached hydrogen (secondary N) is 2. The van der Waals surface area contributed by atoms with Crippen LogP contribution in [0.4, 0.5) is 4.39 Å². The van der Waals surface area contributed by atoms with Crippen LogP contribution in [-0.2, 0) is 0 Å². The highest BCUT2D eigenvalue weighted by atomic mass is 19.1. The van der Waals surface area contributed by atoms with Gasteiger partial charge in [0.05, 0.1) is 0 Å². The summed E-state index contributed by atoms with van der Waals surface area (Å²) < 4.78 is 12.8. The van der Waals surface area contributed by atoms with Crippen molar-refractivity contribution in [3.05, 3.63) is 59.7 Å². The van der Waals surface area contributed by atoms with Crippen molar-refractivity contribution in [3.8, 4) is 0 Å². The van der Waals surface area contributed by atoms with Crippen LogP contribution in [0.5, 0.6) is 0 Å². The Morgan fingerprint density at radius 3 is 2.72 bits per heavy atom. The Balaban J connectivity index is 1.61. The van der Waals surface area contributed by atoms with E-state index in [1.165, 1.54) is 12.1 Å². The third-order valence-electron chi connectivity index (χ3n) is 3.25. The highest BCUT2D eigenvalue weighted by molar-refractivity contribution is 5.92. The lowest BCUT2D eigenvalue weighted by Crippen LogP contribution is -2.26. The fraction of sp³-hybridized carbons (Fsp3) is 0.214. The Morgan fingerprint density at radius 1 is 1.28 bits per heavy atom. The minimum absolute atomic E-state index is 0.0883. The predicted octanol–water partition coefficient (Wildman–Crippen LogP) is 2.44. The number of amides is 1. The molecule has 1 fully saturated rings. The number of H-pyrrole nitrogens is 1. The zero-order chi connectivity index (χ0) is 12.5. The summed E-state index contributed by atoms with van der Waals surface area (Å²) in [7, 11) is 0. The Bertz CT molecular complexity index is 548. The number of carbonyl (C=O) groups excluding carboxylic acids is 1. The van der Waals surface area contributed by atoms with Crippen LogP contribution in [-0.4, -0.2) is 16.9 Å². The maximum absolute atomic E-state index is 12.8. The van der Waals surface area contributed by atoms with Crippen molar-refractivity contribution in [2.24, 2.45) is 0 Å². The predicted molar refractivity (Wildman–Crippen MR) is 65.8 cm³/mol. The van der Waals surface area contributed by atoms with Gasteiger partial charge in [0.2, 0.25) is 0 Å². The van der Waals surface area contributed by atoms with Crippen molar-refractivity contribution in [1.82, 2.24) is 10.3 Å². The summed E-state index contributed by atoms with van der Waals surface area (Å²) in [6.07, 6.45) is 2.64. The fourth-order valence-corrected chi connectivity index (χ4v) is 2.15. The summed E-state index contributed by atoms with van der Waals surface area (Å²) in [5.74, 6) is -0.00880. The molecule has 0 saturated heterocycles. The Kier molecular flexibility index (Phi) is 2.63. The molecule has 0 bridgehead atoms. The summed E-state index contributed by atoms with van der Waals surface area (Å²) in [6.45, 7) is 0. The van der Waals surface area contributed by atoms with E-state index in [2.05, 4.69) is 10.3 Å². The van der Waals surface area contributed by atoms with Crippen LogP contribution < -0.4 is 5.32 Å². The van der Waals surface area contributed by atoms with E-state index in [0.717, 1.165) is 12.0 Å². The van der Waals surface area contributed by atoms with Crippen molar-refractivity contribution < 1.29 is 9.18 Å². The first-order chi connectivity index (χ1) is 8.74. The van der Waals surface area contributed by atoms with Crippen LogP contribution >= 0.6 is 0 Å². The molecular weight excluding hydrogens is 231 g/mol. The van der Waals surface area contributed by atoms with Gasteiger partial charge in [0.15, 0.2) is 0 Å². The molecule has 3 nitrogen and oxygen atoms in total. The molecule has 18 heavy (non-hydrogen) atoms. The van der Waals surface area contributed by atoms with Gasteiger partial charge in [-0.2, -0.15) is 0 Å². The molecule has 1 heterocycles. The summed E-state index contributed by atoms with van der Waals surface area (Å²) in [6, 6.07) is 10.2. The topological polar surface area (TPSA) is 44.9 Å². The maximum Gasteiger partial charge on any atom is 0.267 e. The van der Waals surface area contributed by atoms with Crippen LogP contribution in [0.2, 0.25) is 0 Å². The monoisotopic (exact) mass is 244 g/mol. The van der Waals surface area contributed by atoms with Crippen LogP contribution in [0.15, 0.2) is 42.6 Å². The van der Waals surface area contributed by atoms with Gasteiger partial charge >= 0.3 is 0 Å². The molecule has 1 aliphatic carbocycles. The molecule has 92 valence electrons. The molecule has 1 aromatic carbocycles. The van der Waals surface area contributed by atoms with Gasteiger partial charge < -0.3 is 10.3 Å². The maximum atomic E-state index is 12.8. The second kappa shape index (κ2) is 4.29. The van der Waals surface area contributed by atoms with Gasteiger partial charge in [-0.25, -0.2) is 4.39 Å². The Hall–Kier alpha value is -2.10. The molecule has 0 radical (unpaired) electrons. The number of aromatic amines is 1. The summed E-state index contributed by atoms with van der Waals surface area (Å²) in [4.78, 5) is 14.7. The van der Waals surface area contributed by atoms with E-state index in [0.29, 0.717) is 11.6 Å². The molecule has 2 aromatic rings. The quantitative estimate of drug-likeness (QED) is 0.855. The smallest absolute Gasteiger partial charge is 0.267 e. The van der Waals surface area contributed by atoms with Crippen molar-refractivity contribution in [2.75, 3.05) is 0 Å². The molecule has 1 aliphatic rings. The molecule has 0 unspecified atom stereocenters. The van der Waals surface area contributed by atoms with Crippen LogP contribution in [0.25, 0.3) is 0 Å². The lowest BCUT2D eigenvalue weighted by Gasteiger charge is -2.03. The molecule has 0 aliphatic heterocycles. The molecule has 2 N–H and O–H groups in total. The van der Waals surface area contributed by atoms with E-state index < -0.39 is 0 Å². The first-order valence-corrected chi connectivity index (χ1v) is 5.94. The molecule has 0 spiro atoms. The summed E-state index contributed by atoms with van der Waals surface area (Å²) in [5, 5.41) is 2.96. The average Bonchev–Trinajstić information content (AvgIpc) is 2.92. The van der Waals surface area contributed by atoms with Gasteiger partial charge in [-0.15, -0.1) is 0 Å². The van der Waals surface area contributed by atoms with Gasteiger partial charge in [-0.3, -0.25) is 4.79 Å². The molecule has 1 aromatic heterocycles. The molecule has 2 atom stereocenters. The number of rotatable bonds is 3. The number of carbonyl (C=O) groups is 1. The molecule has 1 saturated carbocycles. The zero-order valence-electron chi connectivity index (χ0n) is 9.69. The van der Waals surface area contributed by atoms with Gasteiger partial charge in [-0.1, -0.05) is 12.1 Å². The molecule has 1 amide bonds. The average molecular weight is 244 g/mol. The van der Waals surface area contributed by atoms with E-state index >= 15 is 0 Å². The van der Waals surface area contributed by atoms with Crippen LogP contribution in [0.3, 0.4) is 0 Å². The van der Waals surface area contributed by atoms with Gasteiger partial charge in [-0.05, 0) is 36.2 Å². The minimum atomic E-state index is -0.230. The van der Waals surface area contributed by atoms with Crippen LogP contribution in [0, 0.1) is 5.82 Å². The van der Waals surface area contributed by atoms with E-state index in [1.54, 1.807) is 30.5 Å². The Morgan fingerprint density at radius 2 is 2.06 bits per heavy atom. The van der Waals surface area contributed by atoms with Gasteiger partial charge in [0.1, 0.15) is 11.5 Å². The number of hydrogen-bond acceptors (Lipinski definition) is 1. The molecular formula is C14H13FN2O. The van der Waals surface area contributed by atoms with Gasteiger partial charge in [0.25, 0.3) is 5.91 Å². The first-order valence-electron chi connectivity index (χ1n) is 5.94. The van der Waals surface area contributed by atoms with Crippen molar-refractivity contribution in [2.45, 2.75) is 18.4 Å². The fourth-order valence-electron chi connectivity index (χ4n) is 2.15. The highest BCUT2D eigenvalue weighted by Crippen LogP contribution is 2.40. The second-order valence-electron chi connectivity index (χ2n) is 4.56. The molecule has 4 heteroatoms. The molecule has 3 rings (SSSR count). The van der Waals surface area contributed by atoms with E-state index in [9.17, 15) is 9.18 Å². The summed E-state index contributed by atoms with van der Waals surface area (Å²) >= 11 is 0. The first kappa shape index (κ1) is 11.0.